The number of hydrogen-bond acceptors (Lipinski definition) is 7. The molecule has 280 valence electrons. The first-order valence-electron chi connectivity index (χ1n) is 18.0. The molecule has 6 atom stereocenters. The highest BCUT2D eigenvalue weighted by Gasteiger charge is 2.98. The van der Waals surface area contributed by atoms with Gasteiger partial charge in [-0.15, -0.1) is 8.97 Å². The average molecular weight is 713 g/mol. The fraction of sp³-hybridized carbons (Fsp3) is 0.788. The van der Waals surface area contributed by atoms with Crippen LogP contribution in [0.1, 0.15) is 70.6 Å². The molecule has 6 N–H and O–H groups in total. The first-order valence-corrected chi connectivity index (χ1v) is 18.0. The zero-order chi connectivity index (χ0) is 36.8. The van der Waals surface area contributed by atoms with Crippen LogP contribution in [-0.2, 0) is 28.8 Å². The van der Waals surface area contributed by atoms with Crippen LogP contribution in [0.5, 0.6) is 0 Å². The number of rotatable bonds is 23. The molecular weight excluding hydrogens is 656 g/mol. The minimum atomic E-state index is -1.26. The molecule has 4 unspecified atom stereocenters. The first-order chi connectivity index (χ1) is 23.6. The topological polar surface area (TPSA) is 224 Å². The molecule has 4 aliphatic heterocycles. The number of aliphatic carboxylic acids is 4. The van der Waals surface area contributed by atoms with Crippen molar-refractivity contribution in [3.05, 3.63) is 0 Å². The Balaban J connectivity index is 1.20. The minimum absolute atomic E-state index is 0.00292. The van der Waals surface area contributed by atoms with Crippen molar-refractivity contribution in [2.24, 2.45) is 0 Å². The third kappa shape index (κ3) is 7.50. The number of Topliss-reactive ketones (excluding diaryl/α,β-unsaturated/α-hetero) is 2. The lowest BCUT2D eigenvalue weighted by molar-refractivity contribution is -1.36. The maximum atomic E-state index is 13.6. The molecular formula is C33H56N6O11+4. The molecule has 4 fully saturated rings. The van der Waals surface area contributed by atoms with Crippen LogP contribution in [0.25, 0.3) is 0 Å². The fourth-order valence-corrected chi connectivity index (χ4v) is 10.4. The predicted molar refractivity (Wildman–Crippen MR) is 175 cm³/mol. The lowest BCUT2D eigenvalue weighted by Crippen LogP contribution is -2.85. The van der Waals surface area contributed by atoms with Gasteiger partial charge in [0.05, 0.1) is 7.05 Å². The standard InChI is InChI=1S/C33H52N6O11/c1-36-14-16-37(18-19-39(24-30(46)47)21-20-38(17-15-36,23-29(44)45)33(36,37)39)22-26(41)9-6-4-2-3-5-8-25(40)11-12-27(31(48)49)35-32(50)34-13-7-10-28(42)43/h27H,2-24H2,1H3,(H2-4,34,35,42,43,44,45,46,47,48,49,50)/p+4/t27-,33+,36?,37?,38?,39?/m0/s1. The number of carbonyl (C=O) groups is 7. The summed E-state index contributed by atoms with van der Waals surface area (Å²) in [6.45, 7) is 5.75. The van der Waals surface area contributed by atoms with E-state index in [4.69, 9.17) is 5.11 Å². The van der Waals surface area contributed by atoms with Gasteiger partial charge in [0.2, 0.25) is 0 Å². The van der Waals surface area contributed by atoms with Gasteiger partial charge in [0.25, 0.3) is 0 Å². The molecule has 0 radical (unpaired) electrons. The second-order valence-corrected chi connectivity index (χ2v) is 15.2. The summed E-state index contributed by atoms with van der Waals surface area (Å²) in [4.78, 5) is 84.5. The number of ketones is 2. The summed E-state index contributed by atoms with van der Waals surface area (Å²) in [6.07, 6.45) is 4.48. The largest absolute Gasteiger partial charge is 0.482 e. The van der Waals surface area contributed by atoms with Crippen LogP contribution in [0.2, 0.25) is 0 Å². The molecule has 2 amide bonds. The van der Waals surface area contributed by atoms with Crippen molar-refractivity contribution in [3.63, 3.8) is 0 Å². The van der Waals surface area contributed by atoms with Crippen molar-refractivity contribution < 1.29 is 71.9 Å². The number of amides is 2. The number of carboxylic acids is 4. The molecule has 0 saturated carbocycles. The highest BCUT2D eigenvalue weighted by atomic mass is 16.4. The van der Waals surface area contributed by atoms with Crippen LogP contribution in [0.3, 0.4) is 0 Å². The third-order valence-electron chi connectivity index (χ3n) is 12.0. The van der Waals surface area contributed by atoms with Gasteiger partial charge < -0.3 is 31.1 Å². The summed E-state index contributed by atoms with van der Waals surface area (Å²) < 4.78 is 1.77. The van der Waals surface area contributed by atoms with Gasteiger partial charge in [-0.2, -0.15) is 8.97 Å². The molecule has 17 nitrogen and oxygen atoms in total. The number of hydrogen-bond donors (Lipinski definition) is 6. The van der Waals surface area contributed by atoms with Gasteiger partial charge >= 0.3 is 35.8 Å². The normalized spacial score (nSPS) is 31.1. The van der Waals surface area contributed by atoms with Crippen LogP contribution >= 0.6 is 0 Å². The van der Waals surface area contributed by atoms with Crippen LogP contribution in [0, 0.1) is 0 Å². The second-order valence-electron chi connectivity index (χ2n) is 15.2. The summed E-state index contributed by atoms with van der Waals surface area (Å²) in [6, 6.07) is -1.97. The van der Waals surface area contributed by atoms with Gasteiger partial charge in [0.1, 0.15) is 64.2 Å². The lowest BCUT2D eigenvalue weighted by Gasteiger charge is -2.49. The number of likely N-dealkylation sites (N-methyl/N-ethyl adjacent to an activating group) is 1. The molecule has 4 heterocycles. The highest BCUT2D eigenvalue weighted by molar-refractivity contribution is 5.84. The van der Waals surface area contributed by atoms with E-state index in [0.29, 0.717) is 82.9 Å². The molecule has 1 spiro atoms. The Morgan fingerprint density at radius 1 is 0.580 bits per heavy atom. The Labute approximate surface area is 292 Å². The number of nitrogens with zero attached hydrogens (tertiary/aromatic N) is 4. The zero-order valence-electron chi connectivity index (χ0n) is 29.3. The number of unbranched alkanes of at least 4 members (excludes halogenated alkanes) is 4. The molecule has 0 bridgehead atoms. The van der Waals surface area contributed by atoms with Crippen LogP contribution < -0.4 is 10.6 Å². The maximum absolute atomic E-state index is 13.6. The van der Waals surface area contributed by atoms with E-state index in [9.17, 15) is 48.9 Å². The number of quaternary nitrogens is 4. The number of carbonyl (C=O) groups excluding carboxylic acids is 3. The SMILES string of the molecule is C[N+]12CC[N+]3(CC(=O)O)CC[N+]4(CC(=O)O)CC[N+](CC(=O)CCCCCCCC(=O)CC[C@H](NC(=O)NCCCC(=O)O)C(=O)O)(CC1)[C@]234. The Kier molecular flexibility index (Phi) is 12.3. The van der Waals surface area contributed by atoms with E-state index >= 15 is 0 Å². The third-order valence-corrected chi connectivity index (χ3v) is 12.0. The molecule has 4 rings (SSSR count). The van der Waals surface area contributed by atoms with E-state index in [0.717, 1.165) is 38.9 Å². The van der Waals surface area contributed by atoms with Gasteiger partial charge in [-0.25, -0.2) is 19.2 Å². The second kappa shape index (κ2) is 15.7. The highest BCUT2D eigenvalue weighted by Crippen LogP contribution is 2.61. The van der Waals surface area contributed by atoms with Gasteiger partial charge in [0.15, 0.2) is 25.4 Å². The van der Waals surface area contributed by atoms with Crippen molar-refractivity contribution >= 4 is 41.5 Å². The van der Waals surface area contributed by atoms with Crippen LogP contribution in [0.4, 0.5) is 4.79 Å². The molecule has 0 aromatic heterocycles. The molecule has 0 aliphatic carbocycles. The molecule has 17 heteroatoms. The zero-order valence-corrected chi connectivity index (χ0v) is 29.3. The van der Waals surface area contributed by atoms with Crippen molar-refractivity contribution in [2.75, 3.05) is 85.6 Å². The van der Waals surface area contributed by atoms with Crippen LogP contribution in [-0.4, -0.2) is 177 Å². The van der Waals surface area contributed by atoms with E-state index in [1.165, 1.54) is 0 Å². The van der Waals surface area contributed by atoms with Crippen molar-refractivity contribution in [1.82, 2.24) is 10.6 Å². The van der Waals surface area contributed by atoms with Crippen LogP contribution in [0.15, 0.2) is 0 Å². The Hall–Kier alpha value is -3.67. The Bertz CT molecular complexity index is 1340. The summed E-state index contributed by atoms with van der Waals surface area (Å²) >= 11 is 0. The first kappa shape index (κ1) is 39.1. The summed E-state index contributed by atoms with van der Waals surface area (Å²) in [7, 11) is 2.15. The Morgan fingerprint density at radius 2 is 1.06 bits per heavy atom. The summed E-state index contributed by atoms with van der Waals surface area (Å²) in [5.74, 6) is -4.70. The predicted octanol–water partition coefficient (Wildman–Crippen LogP) is -0.0154. The smallest absolute Gasteiger partial charge is 0.481 e. The van der Waals surface area contributed by atoms with E-state index in [1.54, 1.807) is 0 Å². The Morgan fingerprint density at radius 3 is 1.56 bits per heavy atom. The molecule has 0 aromatic rings. The van der Waals surface area contributed by atoms with Gasteiger partial charge in [0, 0.05) is 32.2 Å². The molecule has 0 aromatic carbocycles. The van der Waals surface area contributed by atoms with Crippen molar-refractivity contribution in [3.8, 4) is 0 Å². The van der Waals surface area contributed by atoms with Gasteiger partial charge in [-0.05, 0) is 25.7 Å². The fourth-order valence-electron chi connectivity index (χ4n) is 10.4. The molecule has 4 aliphatic rings. The minimum Gasteiger partial charge on any atom is -0.481 e. The molecule has 50 heavy (non-hydrogen) atoms. The van der Waals surface area contributed by atoms with E-state index < -0.39 is 41.9 Å². The number of urea groups is 1. The maximum Gasteiger partial charge on any atom is 0.482 e. The van der Waals surface area contributed by atoms with Gasteiger partial charge in [-0.3, -0.25) is 14.4 Å². The van der Waals surface area contributed by atoms with E-state index in [1.807, 2.05) is 0 Å². The quantitative estimate of drug-likeness (QED) is 0.0610. The van der Waals surface area contributed by atoms with E-state index in [2.05, 4.69) is 17.7 Å². The number of carboxylic acid groups (broad SMARTS) is 4. The molecule has 4 saturated heterocycles. The van der Waals surface area contributed by atoms with Crippen molar-refractivity contribution in [2.45, 2.75) is 82.6 Å². The monoisotopic (exact) mass is 712 g/mol. The average Bonchev–Trinajstić information content (AvgIpc) is 3.65. The van der Waals surface area contributed by atoms with Gasteiger partial charge in [-0.1, -0.05) is 19.3 Å². The summed E-state index contributed by atoms with van der Waals surface area (Å²) in [5, 5.41) is 42.8. The number of nitrogens with one attached hydrogen (secondary N) is 2. The lowest BCUT2D eigenvalue weighted by atomic mass is 10.0. The van der Waals surface area contributed by atoms with Crippen molar-refractivity contribution in [1.29, 1.82) is 0 Å². The summed E-state index contributed by atoms with van der Waals surface area (Å²) in [5.41, 5.74) is 0. The van der Waals surface area contributed by atoms with E-state index in [-0.39, 0.29) is 56.9 Å².